The summed E-state index contributed by atoms with van der Waals surface area (Å²) < 4.78 is 6.92. The largest absolute Gasteiger partial charge is 0.383 e. The molecule has 0 atom stereocenters. The summed E-state index contributed by atoms with van der Waals surface area (Å²) in [6.07, 6.45) is 5.47. The monoisotopic (exact) mass is 461 g/mol. The van der Waals surface area contributed by atoms with Gasteiger partial charge in [0.15, 0.2) is 0 Å². The third-order valence-electron chi connectivity index (χ3n) is 5.21. The number of ether oxygens (including phenoxy) is 1. The van der Waals surface area contributed by atoms with Crippen LogP contribution < -0.4 is 11.1 Å². The van der Waals surface area contributed by atoms with E-state index in [-0.39, 0.29) is 5.91 Å². The van der Waals surface area contributed by atoms with E-state index in [4.69, 9.17) is 22.1 Å². The zero-order valence-electron chi connectivity index (χ0n) is 18.2. The number of aromatic nitrogens is 3. The highest BCUT2D eigenvalue weighted by Gasteiger charge is 2.11. The molecule has 2 heterocycles. The molecule has 168 valence electrons. The normalized spacial score (nSPS) is 10.8. The quantitative estimate of drug-likeness (QED) is 0.405. The Balaban J connectivity index is 1.48. The molecule has 0 spiro atoms. The maximum absolute atomic E-state index is 12.5. The number of pyridine rings is 1. The molecule has 0 unspecified atom stereocenters. The zero-order valence-corrected chi connectivity index (χ0v) is 18.9. The second-order valence-corrected chi connectivity index (χ2v) is 7.97. The number of carbonyl (C=O) groups is 1. The number of carbonyl (C=O) groups excluding carboxylic acids is 1. The van der Waals surface area contributed by atoms with Gasteiger partial charge < -0.3 is 15.8 Å². The van der Waals surface area contributed by atoms with Crippen molar-refractivity contribution in [3.63, 3.8) is 0 Å². The van der Waals surface area contributed by atoms with E-state index >= 15 is 0 Å². The maximum atomic E-state index is 12.5. The molecule has 1 amide bonds. The van der Waals surface area contributed by atoms with Gasteiger partial charge in [-0.1, -0.05) is 35.9 Å². The van der Waals surface area contributed by atoms with Crippen molar-refractivity contribution in [2.75, 3.05) is 19.5 Å². The minimum atomic E-state index is -0.162. The predicted octanol–water partition coefficient (Wildman–Crippen LogP) is 4.42. The number of nitrogen functional groups attached to an aromatic ring is 1. The van der Waals surface area contributed by atoms with Crippen LogP contribution in [0.3, 0.4) is 0 Å². The van der Waals surface area contributed by atoms with E-state index in [1.54, 1.807) is 37.7 Å². The van der Waals surface area contributed by atoms with Gasteiger partial charge in [-0.05, 0) is 41.5 Å². The number of hydrogen-bond donors (Lipinski definition) is 2. The van der Waals surface area contributed by atoms with Gasteiger partial charge in [-0.2, -0.15) is 5.10 Å². The molecule has 0 aliphatic rings. The maximum Gasteiger partial charge on any atom is 0.251 e. The number of nitrogens with one attached hydrogen (secondary N) is 1. The van der Waals surface area contributed by atoms with Crippen LogP contribution in [0.2, 0.25) is 5.02 Å². The highest BCUT2D eigenvalue weighted by atomic mass is 35.5. The van der Waals surface area contributed by atoms with E-state index < -0.39 is 0 Å². The lowest BCUT2D eigenvalue weighted by Crippen LogP contribution is -2.22. The Kier molecular flexibility index (Phi) is 7.02. The number of nitrogens with zero attached hydrogens (tertiary/aromatic N) is 3. The van der Waals surface area contributed by atoms with Crippen molar-refractivity contribution < 1.29 is 9.53 Å². The van der Waals surface area contributed by atoms with Gasteiger partial charge in [0.05, 0.1) is 19.3 Å². The second kappa shape index (κ2) is 10.3. The lowest BCUT2D eigenvalue weighted by Gasteiger charge is -2.09. The molecule has 0 saturated carbocycles. The second-order valence-electron chi connectivity index (χ2n) is 7.53. The van der Waals surface area contributed by atoms with Gasteiger partial charge in [-0.25, -0.2) is 4.98 Å². The first-order chi connectivity index (χ1) is 16.0. The topological polar surface area (TPSA) is 95.1 Å². The van der Waals surface area contributed by atoms with E-state index in [2.05, 4.69) is 15.4 Å². The fourth-order valence-electron chi connectivity index (χ4n) is 3.42. The Labute approximate surface area is 197 Å². The Morgan fingerprint density at radius 1 is 1.09 bits per heavy atom. The molecule has 0 bridgehead atoms. The number of benzene rings is 2. The summed E-state index contributed by atoms with van der Waals surface area (Å²) in [7, 11) is 1.66. The van der Waals surface area contributed by atoms with Crippen LogP contribution in [0.25, 0.3) is 22.3 Å². The molecule has 3 N–H and O–H groups in total. The summed E-state index contributed by atoms with van der Waals surface area (Å²) >= 11 is 6.00. The lowest BCUT2D eigenvalue weighted by atomic mass is 10.0. The number of methoxy groups -OCH3 is 1. The highest BCUT2D eigenvalue weighted by Crippen LogP contribution is 2.29. The van der Waals surface area contributed by atoms with Crippen LogP contribution in [-0.2, 0) is 17.8 Å². The summed E-state index contributed by atoms with van der Waals surface area (Å²) in [4.78, 5) is 16.9. The van der Waals surface area contributed by atoms with Gasteiger partial charge in [0.25, 0.3) is 5.91 Å². The first-order valence-electron chi connectivity index (χ1n) is 10.4. The Morgan fingerprint density at radius 2 is 1.91 bits per heavy atom. The Hall–Kier alpha value is -3.68. The van der Waals surface area contributed by atoms with E-state index in [0.717, 1.165) is 27.8 Å². The molecular weight excluding hydrogens is 438 g/mol. The van der Waals surface area contributed by atoms with Crippen LogP contribution in [0.5, 0.6) is 0 Å². The SMILES string of the molecule is COCCn1cc(-c2cnc(N)c(-c3ccc(C(=O)NCc4cccc(Cl)c4)cc3)c2)cn1. The van der Waals surface area contributed by atoms with Crippen molar-refractivity contribution in [2.24, 2.45) is 0 Å². The van der Waals surface area contributed by atoms with Crippen molar-refractivity contribution in [3.8, 4) is 22.3 Å². The van der Waals surface area contributed by atoms with E-state index in [1.165, 1.54) is 0 Å². The summed E-state index contributed by atoms with van der Waals surface area (Å²) in [5.41, 5.74) is 11.2. The molecule has 0 aliphatic heterocycles. The Bertz CT molecular complexity index is 1250. The average molecular weight is 462 g/mol. The average Bonchev–Trinajstić information content (AvgIpc) is 3.31. The first kappa shape index (κ1) is 22.5. The van der Waals surface area contributed by atoms with Crippen LogP contribution in [0.1, 0.15) is 15.9 Å². The third-order valence-corrected chi connectivity index (χ3v) is 5.44. The van der Waals surface area contributed by atoms with Crippen LogP contribution in [-0.4, -0.2) is 34.4 Å². The molecule has 8 heteroatoms. The van der Waals surface area contributed by atoms with E-state index in [0.29, 0.717) is 36.1 Å². The van der Waals surface area contributed by atoms with Crippen LogP contribution in [0.4, 0.5) is 5.82 Å². The number of hydrogen-bond acceptors (Lipinski definition) is 5. The predicted molar refractivity (Wildman–Crippen MR) is 130 cm³/mol. The molecule has 2 aromatic carbocycles. The number of rotatable bonds is 8. The van der Waals surface area contributed by atoms with Gasteiger partial charge in [0, 0.05) is 53.3 Å². The minimum Gasteiger partial charge on any atom is -0.383 e. The molecule has 2 aromatic heterocycles. The van der Waals surface area contributed by atoms with Gasteiger partial charge in [0.2, 0.25) is 0 Å². The van der Waals surface area contributed by atoms with Gasteiger partial charge in [-0.15, -0.1) is 0 Å². The van der Waals surface area contributed by atoms with Crippen LogP contribution >= 0.6 is 11.6 Å². The number of nitrogens with two attached hydrogens (primary N) is 1. The van der Waals surface area contributed by atoms with E-state index in [1.807, 2.05) is 47.3 Å². The first-order valence-corrected chi connectivity index (χ1v) is 10.8. The van der Waals surface area contributed by atoms with Gasteiger partial charge in [0.1, 0.15) is 5.82 Å². The number of halogens is 1. The van der Waals surface area contributed by atoms with Crippen molar-refractivity contribution in [3.05, 3.63) is 89.3 Å². The van der Waals surface area contributed by atoms with Crippen molar-refractivity contribution in [1.82, 2.24) is 20.1 Å². The fraction of sp³-hybridized carbons (Fsp3) is 0.160. The molecule has 7 nitrogen and oxygen atoms in total. The molecule has 4 rings (SSSR count). The molecule has 0 saturated heterocycles. The summed E-state index contributed by atoms with van der Waals surface area (Å²) in [6.45, 7) is 1.66. The van der Waals surface area contributed by atoms with Crippen molar-refractivity contribution >= 4 is 23.3 Å². The molecule has 33 heavy (non-hydrogen) atoms. The summed E-state index contributed by atoms with van der Waals surface area (Å²) in [6, 6.07) is 16.7. The summed E-state index contributed by atoms with van der Waals surface area (Å²) in [5.74, 6) is 0.258. The minimum absolute atomic E-state index is 0.162. The van der Waals surface area contributed by atoms with Crippen molar-refractivity contribution in [2.45, 2.75) is 13.1 Å². The van der Waals surface area contributed by atoms with Crippen molar-refractivity contribution in [1.29, 1.82) is 0 Å². The highest BCUT2D eigenvalue weighted by molar-refractivity contribution is 6.30. The fourth-order valence-corrected chi connectivity index (χ4v) is 3.63. The third kappa shape index (κ3) is 5.58. The molecule has 0 fully saturated rings. The molecular formula is C25H24ClN5O2. The lowest BCUT2D eigenvalue weighted by molar-refractivity contribution is 0.0951. The zero-order chi connectivity index (χ0) is 23.2. The standard InChI is InChI=1S/C25H24ClN5O2/c1-33-10-9-31-16-21(15-30-31)20-12-23(24(27)28-14-20)18-5-7-19(8-6-18)25(32)29-13-17-3-2-4-22(26)11-17/h2-8,11-12,14-16H,9-10,13H2,1H3,(H2,27,28)(H,29,32). The van der Waals surface area contributed by atoms with Crippen LogP contribution in [0, 0.1) is 0 Å². The van der Waals surface area contributed by atoms with Gasteiger partial charge in [-0.3, -0.25) is 9.48 Å². The summed E-state index contributed by atoms with van der Waals surface area (Å²) in [5, 5.41) is 7.90. The molecule has 0 radical (unpaired) electrons. The van der Waals surface area contributed by atoms with Gasteiger partial charge >= 0.3 is 0 Å². The van der Waals surface area contributed by atoms with Crippen LogP contribution in [0.15, 0.2) is 73.2 Å². The Morgan fingerprint density at radius 3 is 2.67 bits per heavy atom. The number of anilines is 1. The molecule has 0 aliphatic carbocycles. The number of amides is 1. The smallest absolute Gasteiger partial charge is 0.251 e. The van der Waals surface area contributed by atoms with E-state index in [9.17, 15) is 4.79 Å². The molecule has 4 aromatic rings.